The van der Waals surface area contributed by atoms with Crippen molar-refractivity contribution in [2.45, 2.75) is 32.7 Å². The number of fused-ring (bicyclic) bond motifs is 2. The molecule has 176 valence electrons. The standard InChI is InChI=1S/C29H26N2O4/c1-29(2)15-21-26(23(32)16-29)27(19-12-13-24-25(14-19)35-17-34-24)31(22-11-7-6-10-20(22)30-21)28(33)18-8-4-3-5-9-18/h3-14,27,30H,15-17H2,1-2H3/t27-/m1/s1. The number of allylic oxidation sites excluding steroid dienone is 1. The maximum Gasteiger partial charge on any atom is 0.259 e. The van der Waals surface area contributed by atoms with Gasteiger partial charge in [0, 0.05) is 23.3 Å². The highest BCUT2D eigenvalue weighted by Crippen LogP contribution is 2.49. The number of hydrogen-bond donors (Lipinski definition) is 1. The highest BCUT2D eigenvalue weighted by molar-refractivity contribution is 6.12. The van der Waals surface area contributed by atoms with Gasteiger partial charge in [-0.05, 0) is 53.8 Å². The fourth-order valence-corrected chi connectivity index (χ4v) is 5.33. The van der Waals surface area contributed by atoms with Crippen LogP contribution in [0.1, 0.15) is 48.7 Å². The first-order valence-corrected chi connectivity index (χ1v) is 11.8. The highest BCUT2D eigenvalue weighted by Gasteiger charge is 2.43. The molecule has 3 aliphatic rings. The molecule has 1 N–H and O–H groups in total. The van der Waals surface area contributed by atoms with Gasteiger partial charge in [-0.2, -0.15) is 0 Å². The molecule has 2 aliphatic heterocycles. The maximum atomic E-state index is 14.1. The molecule has 6 nitrogen and oxygen atoms in total. The Balaban J connectivity index is 1.62. The first-order chi connectivity index (χ1) is 16.9. The summed E-state index contributed by atoms with van der Waals surface area (Å²) in [5, 5.41) is 3.54. The van der Waals surface area contributed by atoms with Crippen LogP contribution in [0, 0.1) is 5.41 Å². The second-order valence-electron chi connectivity index (χ2n) is 10.0. The zero-order valence-corrected chi connectivity index (χ0v) is 19.7. The zero-order valence-electron chi connectivity index (χ0n) is 19.7. The number of nitrogens with one attached hydrogen (secondary N) is 1. The van der Waals surface area contributed by atoms with Crippen LogP contribution in [-0.2, 0) is 4.79 Å². The number of para-hydroxylation sites is 2. The Hall–Kier alpha value is -4.06. The molecule has 0 saturated heterocycles. The van der Waals surface area contributed by atoms with E-state index < -0.39 is 6.04 Å². The van der Waals surface area contributed by atoms with E-state index in [1.54, 1.807) is 17.0 Å². The topological polar surface area (TPSA) is 67.9 Å². The van der Waals surface area contributed by atoms with E-state index in [0.29, 0.717) is 35.5 Å². The summed E-state index contributed by atoms with van der Waals surface area (Å²) in [6.45, 7) is 4.37. The number of rotatable bonds is 2. The minimum absolute atomic E-state index is 0.0464. The summed E-state index contributed by atoms with van der Waals surface area (Å²) in [6.07, 6.45) is 1.12. The van der Waals surface area contributed by atoms with Crippen molar-refractivity contribution in [2.75, 3.05) is 17.0 Å². The Morgan fingerprint density at radius 1 is 0.943 bits per heavy atom. The van der Waals surface area contributed by atoms with E-state index in [4.69, 9.17) is 9.47 Å². The number of anilines is 2. The smallest absolute Gasteiger partial charge is 0.259 e. The summed E-state index contributed by atoms with van der Waals surface area (Å²) in [4.78, 5) is 29.7. The fourth-order valence-electron chi connectivity index (χ4n) is 5.33. The predicted octanol–water partition coefficient (Wildman–Crippen LogP) is 5.87. The second kappa shape index (κ2) is 8.01. The molecule has 0 saturated carbocycles. The Morgan fingerprint density at radius 3 is 2.51 bits per heavy atom. The summed E-state index contributed by atoms with van der Waals surface area (Å²) in [6, 6.07) is 22.0. The highest BCUT2D eigenvalue weighted by atomic mass is 16.7. The van der Waals surface area contributed by atoms with Crippen LogP contribution in [0.4, 0.5) is 11.4 Å². The van der Waals surface area contributed by atoms with E-state index in [2.05, 4.69) is 19.2 Å². The quantitative estimate of drug-likeness (QED) is 0.511. The third-order valence-corrected chi connectivity index (χ3v) is 6.85. The van der Waals surface area contributed by atoms with Crippen LogP contribution in [0.15, 0.2) is 84.1 Å². The van der Waals surface area contributed by atoms with E-state index in [0.717, 1.165) is 22.6 Å². The summed E-state index contributed by atoms with van der Waals surface area (Å²) < 4.78 is 11.2. The van der Waals surface area contributed by atoms with Crippen LogP contribution < -0.4 is 19.7 Å². The number of carbonyl (C=O) groups is 2. The van der Waals surface area contributed by atoms with E-state index in [1.165, 1.54) is 0 Å². The summed E-state index contributed by atoms with van der Waals surface area (Å²) in [7, 11) is 0. The Kier molecular flexibility index (Phi) is 4.92. The molecule has 0 bridgehead atoms. The largest absolute Gasteiger partial charge is 0.454 e. The lowest BCUT2D eigenvalue weighted by atomic mass is 9.73. The van der Waals surface area contributed by atoms with Gasteiger partial charge in [-0.25, -0.2) is 0 Å². The van der Waals surface area contributed by atoms with Crippen LogP contribution in [-0.4, -0.2) is 18.5 Å². The van der Waals surface area contributed by atoms with E-state index in [1.807, 2.05) is 60.7 Å². The van der Waals surface area contributed by atoms with Gasteiger partial charge in [0.25, 0.3) is 5.91 Å². The van der Waals surface area contributed by atoms with Crippen LogP contribution in [0.3, 0.4) is 0 Å². The number of ether oxygens (including phenoxy) is 2. The zero-order chi connectivity index (χ0) is 24.2. The minimum atomic E-state index is -0.619. The lowest BCUT2D eigenvalue weighted by Crippen LogP contribution is -2.39. The molecule has 1 amide bonds. The van der Waals surface area contributed by atoms with Crippen molar-refractivity contribution in [3.05, 3.63) is 95.2 Å². The van der Waals surface area contributed by atoms with Crippen molar-refractivity contribution < 1.29 is 19.1 Å². The van der Waals surface area contributed by atoms with Crippen LogP contribution in [0.5, 0.6) is 11.5 Å². The van der Waals surface area contributed by atoms with Gasteiger partial charge in [0.1, 0.15) is 0 Å². The van der Waals surface area contributed by atoms with Gasteiger partial charge in [0.05, 0.1) is 17.4 Å². The number of ketones is 1. The number of nitrogens with zero attached hydrogens (tertiary/aromatic N) is 1. The van der Waals surface area contributed by atoms with Gasteiger partial charge in [-0.1, -0.05) is 50.2 Å². The van der Waals surface area contributed by atoms with Crippen molar-refractivity contribution in [1.29, 1.82) is 0 Å². The Morgan fingerprint density at radius 2 is 1.69 bits per heavy atom. The van der Waals surface area contributed by atoms with Gasteiger partial charge in [-0.3, -0.25) is 14.5 Å². The third kappa shape index (κ3) is 3.66. The predicted molar refractivity (Wildman–Crippen MR) is 134 cm³/mol. The van der Waals surface area contributed by atoms with Crippen molar-refractivity contribution in [3.63, 3.8) is 0 Å². The number of Topliss-reactive ketones (excluding diaryl/α,β-unsaturated/α-hetero) is 1. The molecule has 1 atom stereocenters. The Labute approximate surface area is 204 Å². The molecule has 1 aliphatic carbocycles. The molecular weight excluding hydrogens is 440 g/mol. The number of carbonyl (C=O) groups excluding carboxylic acids is 2. The van der Waals surface area contributed by atoms with Gasteiger partial charge in [-0.15, -0.1) is 0 Å². The Bertz CT molecular complexity index is 1380. The lowest BCUT2D eigenvalue weighted by molar-refractivity contribution is -0.118. The van der Waals surface area contributed by atoms with Crippen LogP contribution >= 0.6 is 0 Å². The van der Waals surface area contributed by atoms with Gasteiger partial charge in [0.2, 0.25) is 6.79 Å². The average molecular weight is 467 g/mol. The molecule has 0 radical (unpaired) electrons. The first-order valence-electron chi connectivity index (χ1n) is 11.8. The molecule has 3 aromatic carbocycles. The molecule has 6 heteroatoms. The summed E-state index contributed by atoms with van der Waals surface area (Å²) >= 11 is 0. The summed E-state index contributed by atoms with van der Waals surface area (Å²) in [5.41, 5.74) is 4.20. The third-order valence-electron chi connectivity index (χ3n) is 6.85. The van der Waals surface area contributed by atoms with Gasteiger partial charge in [0.15, 0.2) is 17.3 Å². The molecule has 0 spiro atoms. The average Bonchev–Trinajstić information content (AvgIpc) is 3.26. The molecule has 0 fully saturated rings. The van der Waals surface area contributed by atoms with Crippen molar-refractivity contribution in [2.24, 2.45) is 5.41 Å². The monoisotopic (exact) mass is 466 g/mol. The molecule has 0 unspecified atom stereocenters. The van der Waals surface area contributed by atoms with Crippen LogP contribution in [0.25, 0.3) is 0 Å². The van der Waals surface area contributed by atoms with Crippen molar-refractivity contribution in [3.8, 4) is 11.5 Å². The number of amides is 1. The van der Waals surface area contributed by atoms with E-state index in [-0.39, 0.29) is 23.9 Å². The molecule has 2 heterocycles. The molecule has 6 rings (SSSR count). The van der Waals surface area contributed by atoms with E-state index in [9.17, 15) is 9.59 Å². The van der Waals surface area contributed by atoms with E-state index >= 15 is 0 Å². The second-order valence-corrected chi connectivity index (χ2v) is 10.0. The fraction of sp³-hybridized carbons (Fsp3) is 0.241. The van der Waals surface area contributed by atoms with Gasteiger partial charge < -0.3 is 14.8 Å². The van der Waals surface area contributed by atoms with Crippen molar-refractivity contribution in [1.82, 2.24) is 0 Å². The molecule has 35 heavy (non-hydrogen) atoms. The number of hydrogen-bond acceptors (Lipinski definition) is 5. The lowest BCUT2D eigenvalue weighted by Gasteiger charge is -2.37. The normalized spacial score (nSPS) is 20.0. The number of benzene rings is 3. The maximum absolute atomic E-state index is 14.1. The molecule has 3 aromatic rings. The first kappa shape index (κ1) is 21.5. The molecule has 0 aromatic heterocycles. The summed E-state index contributed by atoms with van der Waals surface area (Å²) in [5.74, 6) is 1.15. The molecular formula is C29H26N2O4. The van der Waals surface area contributed by atoms with Crippen LogP contribution in [0.2, 0.25) is 0 Å². The van der Waals surface area contributed by atoms with Crippen molar-refractivity contribution >= 4 is 23.1 Å². The minimum Gasteiger partial charge on any atom is -0.454 e. The van der Waals surface area contributed by atoms with Gasteiger partial charge >= 0.3 is 0 Å². The SMILES string of the molecule is CC1(C)CC(=O)C2=C(C1)Nc1ccccc1N(C(=O)c1ccccc1)[C@@H]2c1ccc2c(c1)OCO2.